The third kappa shape index (κ3) is 8.96. The Kier molecular flexibility index (Phi) is 12.7. The molecule has 0 aromatic rings. The van der Waals surface area contributed by atoms with Gasteiger partial charge in [-0.15, -0.1) is 0 Å². The van der Waals surface area contributed by atoms with E-state index in [0.29, 0.717) is 5.57 Å². The summed E-state index contributed by atoms with van der Waals surface area (Å²) in [6.07, 6.45) is 9.25. The molecule has 0 aliphatic carbocycles. The third-order valence-electron chi connectivity index (χ3n) is 2.65. The third-order valence-corrected chi connectivity index (χ3v) is 2.65. The number of allylic oxidation sites excluding steroid dienone is 8. The molecule has 0 unspecified atom stereocenters. The number of nitrogens with one attached hydrogen (secondary N) is 1. The quantitative estimate of drug-likeness (QED) is 0.487. The Labute approximate surface area is 136 Å². The lowest BCUT2D eigenvalue weighted by molar-refractivity contribution is -0.113. The van der Waals surface area contributed by atoms with Crippen molar-refractivity contribution in [2.45, 2.75) is 48.5 Å². The number of hydrogen-bond donors (Lipinski definition) is 1. The second-order valence-corrected chi connectivity index (χ2v) is 4.79. The highest BCUT2D eigenvalue weighted by Crippen LogP contribution is 2.13. The van der Waals surface area contributed by atoms with Gasteiger partial charge < -0.3 is 5.32 Å². The maximum Gasteiger partial charge on any atom is 0.159 e. The van der Waals surface area contributed by atoms with Gasteiger partial charge in [-0.3, -0.25) is 4.79 Å². The van der Waals surface area contributed by atoms with Crippen LogP contribution >= 0.6 is 0 Å². The molecular weight excluding hydrogens is 270 g/mol. The number of carbonyl (C=O) groups is 1. The van der Waals surface area contributed by atoms with Crippen LogP contribution in [0.2, 0.25) is 0 Å². The number of ketones is 1. The van der Waals surface area contributed by atoms with Gasteiger partial charge in [0.1, 0.15) is 0 Å². The minimum Gasteiger partial charge on any atom is -0.355 e. The number of carbonyl (C=O) groups excluding carboxylic acids is 1. The van der Waals surface area contributed by atoms with Crippen molar-refractivity contribution < 1.29 is 4.79 Å². The van der Waals surface area contributed by atoms with Gasteiger partial charge in [-0.25, -0.2) is 0 Å². The van der Waals surface area contributed by atoms with E-state index in [1.54, 1.807) is 6.08 Å². The standard InChI is InChI=1S/C18H25NO.C2H6/c1-8-10-11-17(13(3)4)19-18(14(5)6)12-16(9-2)15(7)20;1-2/h8-12,19H,2-3H2,1,4-7H3;1-2H3/b10-8-,16-12+,17-11+;. The molecule has 22 heavy (non-hydrogen) atoms. The lowest BCUT2D eigenvalue weighted by Crippen LogP contribution is -2.14. The summed E-state index contributed by atoms with van der Waals surface area (Å²) in [6, 6.07) is 0. The van der Waals surface area contributed by atoms with Gasteiger partial charge in [-0.05, 0) is 52.3 Å². The average molecular weight is 301 g/mol. The zero-order valence-electron chi connectivity index (χ0n) is 15.2. The Morgan fingerprint density at radius 1 is 1.09 bits per heavy atom. The summed E-state index contributed by atoms with van der Waals surface area (Å²) in [6.45, 7) is 21.0. The molecular formula is C20H31NO. The van der Waals surface area contributed by atoms with Gasteiger partial charge in [0.05, 0.1) is 0 Å². The molecule has 0 fully saturated rings. The van der Waals surface area contributed by atoms with E-state index in [0.717, 1.165) is 22.5 Å². The molecule has 0 radical (unpaired) electrons. The smallest absolute Gasteiger partial charge is 0.159 e. The molecule has 2 nitrogen and oxygen atoms in total. The normalized spacial score (nSPS) is 11.4. The van der Waals surface area contributed by atoms with Crippen molar-refractivity contribution >= 4 is 5.78 Å². The second-order valence-electron chi connectivity index (χ2n) is 4.79. The van der Waals surface area contributed by atoms with Crippen LogP contribution in [0.1, 0.15) is 48.5 Å². The maximum absolute atomic E-state index is 11.5. The van der Waals surface area contributed by atoms with Crippen molar-refractivity contribution in [3.63, 3.8) is 0 Å². The summed E-state index contributed by atoms with van der Waals surface area (Å²) in [4.78, 5) is 11.5. The summed E-state index contributed by atoms with van der Waals surface area (Å²) >= 11 is 0. The first-order valence-corrected chi connectivity index (χ1v) is 7.61. The van der Waals surface area contributed by atoms with Crippen molar-refractivity contribution in [3.8, 4) is 0 Å². The molecule has 0 aliphatic rings. The van der Waals surface area contributed by atoms with Crippen molar-refractivity contribution in [2.75, 3.05) is 0 Å². The summed E-state index contributed by atoms with van der Waals surface area (Å²) in [5.74, 6) is -0.00476. The van der Waals surface area contributed by atoms with Crippen molar-refractivity contribution in [2.24, 2.45) is 0 Å². The Hall–Kier alpha value is -2.09. The second kappa shape index (κ2) is 12.6. The fourth-order valence-electron chi connectivity index (χ4n) is 1.39. The highest BCUT2D eigenvalue weighted by atomic mass is 16.1. The molecule has 0 spiro atoms. The van der Waals surface area contributed by atoms with E-state index >= 15 is 0 Å². The summed E-state index contributed by atoms with van der Waals surface area (Å²) < 4.78 is 0. The van der Waals surface area contributed by atoms with Gasteiger partial charge in [0.15, 0.2) is 5.78 Å². The van der Waals surface area contributed by atoms with Crippen LogP contribution in [-0.4, -0.2) is 5.78 Å². The zero-order valence-corrected chi connectivity index (χ0v) is 15.2. The number of hydrogen-bond acceptors (Lipinski definition) is 2. The largest absolute Gasteiger partial charge is 0.355 e. The molecule has 2 heteroatoms. The Morgan fingerprint density at radius 2 is 1.64 bits per heavy atom. The van der Waals surface area contributed by atoms with Gasteiger partial charge in [-0.2, -0.15) is 0 Å². The minimum atomic E-state index is -0.00476. The Morgan fingerprint density at radius 3 is 1.95 bits per heavy atom. The predicted molar refractivity (Wildman–Crippen MR) is 99.5 cm³/mol. The van der Waals surface area contributed by atoms with Gasteiger partial charge in [0.25, 0.3) is 0 Å². The van der Waals surface area contributed by atoms with Crippen LogP contribution in [0.3, 0.4) is 0 Å². The Bertz CT molecular complexity index is 510. The van der Waals surface area contributed by atoms with Crippen LogP contribution in [0.25, 0.3) is 0 Å². The van der Waals surface area contributed by atoms with Crippen LogP contribution < -0.4 is 5.32 Å². The van der Waals surface area contributed by atoms with Gasteiger partial charge >= 0.3 is 0 Å². The van der Waals surface area contributed by atoms with Crippen LogP contribution in [0, 0.1) is 0 Å². The van der Waals surface area contributed by atoms with Crippen LogP contribution in [0.4, 0.5) is 0 Å². The molecule has 0 bridgehead atoms. The van der Waals surface area contributed by atoms with E-state index in [9.17, 15) is 4.79 Å². The van der Waals surface area contributed by atoms with E-state index in [1.807, 2.05) is 65.8 Å². The van der Waals surface area contributed by atoms with Crippen LogP contribution in [-0.2, 0) is 4.79 Å². The van der Waals surface area contributed by atoms with Crippen LogP contribution in [0.5, 0.6) is 0 Å². The molecule has 122 valence electrons. The van der Waals surface area contributed by atoms with Gasteiger partial charge in [0, 0.05) is 17.0 Å². The summed E-state index contributed by atoms with van der Waals surface area (Å²) in [7, 11) is 0. The molecule has 0 saturated carbocycles. The molecule has 1 N–H and O–H groups in total. The summed E-state index contributed by atoms with van der Waals surface area (Å²) in [5, 5.41) is 3.32. The maximum atomic E-state index is 11.5. The van der Waals surface area contributed by atoms with Crippen molar-refractivity contribution in [1.82, 2.24) is 5.32 Å². The lowest BCUT2D eigenvalue weighted by atomic mass is 10.1. The molecule has 0 aromatic carbocycles. The Balaban J connectivity index is 0. The van der Waals surface area contributed by atoms with E-state index in [4.69, 9.17) is 0 Å². The van der Waals surface area contributed by atoms with Crippen molar-refractivity contribution in [3.05, 3.63) is 71.7 Å². The SMILES string of the molecule is C=C/C(=C\C(N/C(=C/C=C\C)C(=C)C)=C(C)C)C(C)=O.CC. The van der Waals surface area contributed by atoms with E-state index in [2.05, 4.69) is 18.5 Å². The monoisotopic (exact) mass is 301 g/mol. The molecule has 0 aromatic heterocycles. The molecule has 0 amide bonds. The van der Waals surface area contributed by atoms with Gasteiger partial charge in [0.2, 0.25) is 0 Å². The molecule has 0 saturated heterocycles. The average Bonchev–Trinajstić information content (AvgIpc) is 2.47. The van der Waals surface area contributed by atoms with Crippen LogP contribution in [0.15, 0.2) is 71.7 Å². The number of Topliss-reactive ketones (excluding diaryl/α,β-unsaturated/α-hetero) is 1. The molecule has 0 rings (SSSR count). The fraction of sp³-hybridized carbons (Fsp3) is 0.350. The number of rotatable bonds is 7. The highest BCUT2D eigenvalue weighted by molar-refractivity contribution is 5.96. The predicted octanol–water partition coefficient (Wildman–Crippen LogP) is 5.63. The topological polar surface area (TPSA) is 29.1 Å². The van der Waals surface area contributed by atoms with E-state index in [1.165, 1.54) is 6.92 Å². The zero-order chi connectivity index (χ0) is 17.7. The first kappa shape index (κ1) is 22.2. The molecule has 0 atom stereocenters. The van der Waals surface area contributed by atoms with E-state index in [-0.39, 0.29) is 5.78 Å². The summed E-state index contributed by atoms with van der Waals surface area (Å²) in [5.41, 5.74) is 4.40. The highest BCUT2D eigenvalue weighted by Gasteiger charge is 2.05. The first-order valence-electron chi connectivity index (χ1n) is 7.61. The minimum absolute atomic E-state index is 0.00476. The van der Waals surface area contributed by atoms with Gasteiger partial charge in [-0.1, -0.05) is 50.8 Å². The van der Waals surface area contributed by atoms with E-state index < -0.39 is 0 Å². The first-order chi connectivity index (χ1) is 10.3. The fourth-order valence-corrected chi connectivity index (χ4v) is 1.39. The molecule has 0 heterocycles. The lowest BCUT2D eigenvalue weighted by Gasteiger charge is -2.14. The molecule has 0 aliphatic heterocycles. The van der Waals surface area contributed by atoms with Crippen molar-refractivity contribution in [1.29, 1.82) is 0 Å².